The van der Waals surface area contributed by atoms with Crippen LogP contribution in [0.2, 0.25) is 0 Å². The van der Waals surface area contributed by atoms with Crippen molar-refractivity contribution in [2.75, 3.05) is 7.11 Å². The molecule has 2 aromatic heterocycles. The molecular formula is C31H33N5O2S. The Morgan fingerprint density at radius 3 is 2.44 bits per heavy atom. The molecule has 2 aromatic carbocycles. The van der Waals surface area contributed by atoms with Crippen LogP contribution in [0, 0.1) is 17.8 Å². The van der Waals surface area contributed by atoms with Crippen molar-refractivity contribution in [3.63, 3.8) is 0 Å². The van der Waals surface area contributed by atoms with Crippen molar-refractivity contribution in [3.8, 4) is 11.4 Å². The number of rotatable bonds is 8. The fraction of sp³-hybridized carbons (Fsp3) is 0.419. The average molecular weight is 540 g/mol. The van der Waals surface area contributed by atoms with Gasteiger partial charge >= 0.3 is 0 Å². The summed E-state index contributed by atoms with van der Waals surface area (Å²) >= 11 is 1.58. The van der Waals surface area contributed by atoms with Crippen LogP contribution in [0.3, 0.4) is 0 Å². The Hall–Kier alpha value is -3.39. The Balaban J connectivity index is 1.28. The zero-order valence-corrected chi connectivity index (χ0v) is 23.1. The fourth-order valence-electron chi connectivity index (χ4n) is 7.93. The summed E-state index contributed by atoms with van der Waals surface area (Å²) in [4.78, 5) is 18.7. The molecule has 4 aliphatic carbocycles. The van der Waals surface area contributed by atoms with Gasteiger partial charge in [0.05, 0.1) is 29.5 Å². The van der Waals surface area contributed by atoms with Gasteiger partial charge in [-0.05, 0) is 80.5 Å². The van der Waals surface area contributed by atoms with Gasteiger partial charge in [0.1, 0.15) is 17.4 Å². The normalized spacial score (nSPS) is 25.3. The Morgan fingerprint density at radius 2 is 1.72 bits per heavy atom. The number of para-hydroxylation sites is 3. The Kier molecular flexibility index (Phi) is 6.10. The number of allylic oxidation sites excluding steroid dienone is 1. The van der Waals surface area contributed by atoms with Crippen LogP contribution in [0.5, 0.6) is 5.75 Å². The summed E-state index contributed by atoms with van der Waals surface area (Å²) in [5, 5.41) is 11.0. The molecular weight excluding hydrogens is 506 g/mol. The number of ether oxygens (including phenoxy) is 1. The average Bonchev–Trinajstić information content (AvgIpc) is 3.35. The Labute approximate surface area is 232 Å². The maximum Gasteiger partial charge on any atom is 0.266 e. The molecule has 8 rings (SSSR count). The van der Waals surface area contributed by atoms with E-state index in [1.165, 1.54) is 38.5 Å². The van der Waals surface area contributed by atoms with E-state index in [4.69, 9.17) is 19.9 Å². The first-order valence-corrected chi connectivity index (χ1v) is 14.9. The highest BCUT2D eigenvalue weighted by Gasteiger charge is 2.54. The minimum absolute atomic E-state index is 0.109. The lowest BCUT2D eigenvalue weighted by atomic mass is 9.49. The zero-order chi connectivity index (χ0) is 26.6. The molecule has 0 unspecified atom stereocenters. The number of aromatic nitrogens is 5. The van der Waals surface area contributed by atoms with E-state index >= 15 is 0 Å². The van der Waals surface area contributed by atoms with Gasteiger partial charge in [-0.25, -0.2) is 4.98 Å². The summed E-state index contributed by atoms with van der Waals surface area (Å²) in [6.07, 6.45) is 9.83. The molecule has 0 amide bonds. The molecule has 0 radical (unpaired) electrons. The number of methoxy groups -OCH3 is 1. The highest BCUT2D eigenvalue weighted by molar-refractivity contribution is 7.98. The number of hydrogen-bond acceptors (Lipinski definition) is 6. The largest absolute Gasteiger partial charge is 0.495 e. The molecule has 0 N–H and O–H groups in total. The molecule has 200 valence electrons. The Bertz CT molecular complexity index is 1590. The van der Waals surface area contributed by atoms with Gasteiger partial charge in [0.2, 0.25) is 0 Å². The molecule has 2 heterocycles. The van der Waals surface area contributed by atoms with Crippen molar-refractivity contribution in [3.05, 3.63) is 83.2 Å². The van der Waals surface area contributed by atoms with Crippen LogP contribution in [-0.2, 0) is 17.7 Å². The second kappa shape index (κ2) is 9.66. The van der Waals surface area contributed by atoms with Gasteiger partial charge in [0.15, 0.2) is 5.16 Å². The van der Waals surface area contributed by atoms with Crippen molar-refractivity contribution >= 4 is 22.7 Å². The standard InChI is InChI=1S/C31H33N5O2S/c1-3-12-35-29(31-16-20-13-21(17-31)15-22(14-20)18-31)33-34-30(35)39-19-27-32-24-9-5-4-8-23(24)28(37)36(27)25-10-6-7-11-26(25)38-2/h3-11,20-22H,1,12-19H2,2H3. The van der Waals surface area contributed by atoms with Gasteiger partial charge < -0.3 is 9.30 Å². The molecule has 39 heavy (non-hydrogen) atoms. The molecule has 4 aromatic rings. The third-order valence-corrected chi connectivity index (χ3v) is 10.0. The molecule has 0 saturated heterocycles. The summed E-state index contributed by atoms with van der Waals surface area (Å²) in [6, 6.07) is 15.1. The summed E-state index contributed by atoms with van der Waals surface area (Å²) in [5.74, 6) is 5.38. The molecule has 0 atom stereocenters. The second-order valence-corrected chi connectivity index (χ2v) is 12.5. The number of nitrogens with zero attached hydrogens (tertiary/aromatic N) is 5. The van der Waals surface area contributed by atoms with Crippen LogP contribution < -0.4 is 10.3 Å². The topological polar surface area (TPSA) is 74.8 Å². The molecule has 4 bridgehead atoms. The van der Waals surface area contributed by atoms with Crippen molar-refractivity contribution in [2.45, 2.75) is 61.4 Å². The lowest BCUT2D eigenvalue weighted by Crippen LogP contribution is -2.49. The lowest BCUT2D eigenvalue weighted by molar-refractivity contribution is -0.0112. The van der Waals surface area contributed by atoms with Gasteiger partial charge in [-0.1, -0.05) is 42.1 Å². The molecule has 0 aliphatic heterocycles. The predicted molar refractivity (Wildman–Crippen MR) is 154 cm³/mol. The lowest BCUT2D eigenvalue weighted by Gasteiger charge is -2.56. The highest BCUT2D eigenvalue weighted by Crippen LogP contribution is 2.60. The van der Waals surface area contributed by atoms with E-state index in [1.807, 2.05) is 54.6 Å². The summed E-state index contributed by atoms with van der Waals surface area (Å²) < 4.78 is 9.58. The summed E-state index contributed by atoms with van der Waals surface area (Å²) in [7, 11) is 1.62. The number of fused-ring (bicyclic) bond motifs is 1. The van der Waals surface area contributed by atoms with Crippen molar-refractivity contribution < 1.29 is 4.74 Å². The van der Waals surface area contributed by atoms with Crippen LogP contribution >= 0.6 is 11.8 Å². The molecule has 0 spiro atoms. The third kappa shape index (κ3) is 4.11. The van der Waals surface area contributed by atoms with E-state index in [0.717, 1.165) is 28.7 Å². The smallest absolute Gasteiger partial charge is 0.266 e. The quantitative estimate of drug-likeness (QED) is 0.204. The number of thioether (sulfide) groups is 1. The van der Waals surface area contributed by atoms with E-state index in [-0.39, 0.29) is 11.0 Å². The molecule has 4 saturated carbocycles. The number of benzene rings is 2. The van der Waals surface area contributed by atoms with Crippen molar-refractivity contribution in [1.29, 1.82) is 0 Å². The van der Waals surface area contributed by atoms with E-state index in [9.17, 15) is 4.79 Å². The van der Waals surface area contributed by atoms with Crippen LogP contribution in [0.25, 0.3) is 16.6 Å². The predicted octanol–water partition coefficient (Wildman–Crippen LogP) is 5.93. The van der Waals surface area contributed by atoms with Crippen LogP contribution in [0.4, 0.5) is 0 Å². The third-order valence-electron chi connectivity index (χ3n) is 9.04. The second-order valence-electron chi connectivity index (χ2n) is 11.5. The monoisotopic (exact) mass is 539 g/mol. The van der Waals surface area contributed by atoms with Gasteiger partial charge in [0, 0.05) is 12.0 Å². The maximum atomic E-state index is 13.8. The zero-order valence-electron chi connectivity index (χ0n) is 22.3. The molecule has 8 heteroatoms. The SMILES string of the molecule is C=CCn1c(SCc2nc3ccccc3c(=O)n2-c2ccccc2OC)nnc1C12CC3CC(CC(C3)C1)C2. The summed E-state index contributed by atoms with van der Waals surface area (Å²) in [5.41, 5.74) is 1.40. The van der Waals surface area contributed by atoms with E-state index in [0.29, 0.717) is 40.5 Å². The minimum atomic E-state index is -0.109. The fourth-order valence-corrected chi connectivity index (χ4v) is 8.80. The first-order chi connectivity index (χ1) is 19.1. The molecule has 4 fully saturated rings. The van der Waals surface area contributed by atoms with Crippen LogP contribution in [0.15, 0.2) is 71.1 Å². The maximum absolute atomic E-state index is 13.8. The molecule has 4 aliphatic rings. The minimum Gasteiger partial charge on any atom is -0.495 e. The highest BCUT2D eigenvalue weighted by atomic mass is 32.2. The van der Waals surface area contributed by atoms with Gasteiger partial charge in [-0.2, -0.15) is 0 Å². The first-order valence-electron chi connectivity index (χ1n) is 13.9. The van der Waals surface area contributed by atoms with E-state index < -0.39 is 0 Å². The number of hydrogen-bond donors (Lipinski definition) is 0. The summed E-state index contributed by atoms with van der Waals surface area (Å²) in [6.45, 7) is 4.72. The van der Waals surface area contributed by atoms with Crippen LogP contribution in [-0.4, -0.2) is 31.4 Å². The van der Waals surface area contributed by atoms with Gasteiger partial charge in [0.25, 0.3) is 5.56 Å². The first kappa shape index (κ1) is 24.6. The van der Waals surface area contributed by atoms with E-state index in [2.05, 4.69) is 11.1 Å². The Morgan fingerprint density at radius 1 is 1.03 bits per heavy atom. The van der Waals surface area contributed by atoms with Crippen molar-refractivity contribution in [1.82, 2.24) is 24.3 Å². The van der Waals surface area contributed by atoms with Gasteiger partial charge in [-0.15, -0.1) is 16.8 Å². The van der Waals surface area contributed by atoms with E-state index in [1.54, 1.807) is 23.4 Å². The van der Waals surface area contributed by atoms with Crippen LogP contribution in [0.1, 0.15) is 50.2 Å². The van der Waals surface area contributed by atoms with Gasteiger partial charge in [-0.3, -0.25) is 9.36 Å². The van der Waals surface area contributed by atoms with Crippen molar-refractivity contribution in [2.24, 2.45) is 17.8 Å². The molecule has 7 nitrogen and oxygen atoms in total.